The number of anilines is 1. The smallest absolute Gasteiger partial charge is 0.270 e. The number of halogens is 1. The minimum absolute atomic E-state index is 0.103. The number of thiazole rings is 1. The van der Waals surface area contributed by atoms with Crippen molar-refractivity contribution in [2.24, 2.45) is 0 Å². The maximum Gasteiger partial charge on any atom is 0.270 e. The Morgan fingerprint density at radius 3 is 2.91 bits per heavy atom. The molecule has 116 valence electrons. The maximum absolute atomic E-state index is 10.9. The number of nitro groups is 1. The van der Waals surface area contributed by atoms with Gasteiger partial charge in [0.2, 0.25) is 0 Å². The molecule has 0 bridgehead atoms. The molecule has 23 heavy (non-hydrogen) atoms. The molecule has 4 rings (SSSR count). The van der Waals surface area contributed by atoms with Crippen LogP contribution < -0.4 is 4.90 Å². The van der Waals surface area contributed by atoms with Crippen LogP contribution in [-0.2, 0) is 13.0 Å². The highest BCUT2D eigenvalue weighted by Crippen LogP contribution is 2.34. The van der Waals surface area contributed by atoms with E-state index in [1.807, 2.05) is 12.1 Å². The first-order chi connectivity index (χ1) is 11.1. The van der Waals surface area contributed by atoms with E-state index in [4.69, 9.17) is 11.6 Å². The molecule has 3 aromatic rings. The Kier molecular flexibility index (Phi) is 3.43. The summed E-state index contributed by atoms with van der Waals surface area (Å²) in [6.07, 6.45) is 0.923. The quantitative estimate of drug-likeness (QED) is 0.509. The lowest BCUT2D eigenvalue weighted by atomic mass is 10.0. The number of non-ortho nitro benzene ring substituents is 1. The van der Waals surface area contributed by atoms with Crippen LogP contribution in [0, 0.1) is 10.1 Å². The molecule has 5 nitrogen and oxygen atoms in total. The molecule has 2 aromatic carbocycles. The zero-order valence-corrected chi connectivity index (χ0v) is 13.6. The standard InChI is InChI=1S/C16H12ClN3O2S/c17-12-2-1-11-9-19(6-5-10(11)7-12)16-18-14-4-3-13(20(21)22)8-15(14)23-16/h1-4,7-8H,5-6,9H2. The predicted molar refractivity (Wildman–Crippen MR) is 92.5 cm³/mol. The fourth-order valence-corrected chi connectivity index (χ4v) is 4.05. The van der Waals surface area contributed by atoms with Gasteiger partial charge in [0.05, 0.1) is 15.1 Å². The average molecular weight is 346 g/mol. The summed E-state index contributed by atoms with van der Waals surface area (Å²) < 4.78 is 0.844. The minimum Gasteiger partial charge on any atom is -0.343 e. The Balaban J connectivity index is 1.67. The number of fused-ring (bicyclic) bond motifs is 2. The van der Waals surface area contributed by atoms with Gasteiger partial charge in [-0.15, -0.1) is 0 Å². The van der Waals surface area contributed by atoms with Gasteiger partial charge >= 0.3 is 0 Å². The van der Waals surface area contributed by atoms with E-state index in [-0.39, 0.29) is 10.6 Å². The van der Waals surface area contributed by atoms with E-state index < -0.39 is 0 Å². The molecular weight excluding hydrogens is 334 g/mol. The van der Waals surface area contributed by atoms with Gasteiger partial charge in [0.25, 0.3) is 5.69 Å². The Morgan fingerprint density at radius 1 is 1.22 bits per heavy atom. The number of hydrogen-bond acceptors (Lipinski definition) is 5. The van der Waals surface area contributed by atoms with E-state index in [1.165, 1.54) is 28.5 Å². The number of rotatable bonds is 2. The molecule has 0 fully saturated rings. The molecule has 0 saturated carbocycles. The van der Waals surface area contributed by atoms with E-state index in [1.54, 1.807) is 12.1 Å². The molecule has 7 heteroatoms. The number of benzene rings is 2. The van der Waals surface area contributed by atoms with Crippen LogP contribution in [0.1, 0.15) is 11.1 Å². The predicted octanol–water partition coefficient (Wildman–Crippen LogP) is 4.42. The van der Waals surface area contributed by atoms with Gasteiger partial charge in [-0.05, 0) is 35.7 Å². The van der Waals surface area contributed by atoms with Crippen molar-refractivity contribution in [3.63, 3.8) is 0 Å². The molecular formula is C16H12ClN3O2S. The van der Waals surface area contributed by atoms with Crippen molar-refractivity contribution in [2.75, 3.05) is 11.4 Å². The van der Waals surface area contributed by atoms with Crippen LogP contribution in [0.5, 0.6) is 0 Å². The normalized spacial score (nSPS) is 14.0. The molecule has 0 N–H and O–H groups in total. The van der Waals surface area contributed by atoms with Crippen LogP contribution in [0.2, 0.25) is 5.02 Å². The summed E-state index contributed by atoms with van der Waals surface area (Å²) in [7, 11) is 0. The fourth-order valence-electron chi connectivity index (χ4n) is 2.83. The molecule has 0 aliphatic carbocycles. The third-order valence-electron chi connectivity index (χ3n) is 4.02. The largest absolute Gasteiger partial charge is 0.343 e. The third-order valence-corrected chi connectivity index (χ3v) is 5.34. The number of nitrogens with zero attached hydrogens (tertiary/aromatic N) is 3. The van der Waals surface area contributed by atoms with Crippen molar-refractivity contribution < 1.29 is 4.92 Å². The van der Waals surface area contributed by atoms with E-state index in [2.05, 4.69) is 16.0 Å². The molecule has 1 aromatic heterocycles. The van der Waals surface area contributed by atoms with E-state index in [9.17, 15) is 10.1 Å². The molecule has 1 aliphatic rings. The molecule has 0 saturated heterocycles. The first-order valence-electron chi connectivity index (χ1n) is 7.17. The van der Waals surface area contributed by atoms with Crippen molar-refractivity contribution in [3.05, 3.63) is 62.7 Å². The van der Waals surface area contributed by atoms with Gasteiger partial charge in [-0.2, -0.15) is 0 Å². The molecule has 1 aliphatic heterocycles. The number of hydrogen-bond donors (Lipinski definition) is 0. The highest BCUT2D eigenvalue weighted by molar-refractivity contribution is 7.22. The lowest BCUT2D eigenvalue weighted by Gasteiger charge is -2.28. The van der Waals surface area contributed by atoms with Crippen LogP contribution >= 0.6 is 22.9 Å². The Labute approximate surface area is 141 Å². The summed E-state index contributed by atoms with van der Waals surface area (Å²) in [5, 5.41) is 12.6. The zero-order valence-electron chi connectivity index (χ0n) is 12.0. The van der Waals surface area contributed by atoms with Crippen molar-refractivity contribution >= 4 is 44.0 Å². The van der Waals surface area contributed by atoms with E-state index >= 15 is 0 Å². The first-order valence-corrected chi connectivity index (χ1v) is 8.37. The van der Waals surface area contributed by atoms with Crippen LogP contribution in [-0.4, -0.2) is 16.5 Å². The van der Waals surface area contributed by atoms with Gasteiger partial charge in [0, 0.05) is 30.2 Å². The Morgan fingerprint density at radius 2 is 2.09 bits per heavy atom. The second-order valence-electron chi connectivity index (χ2n) is 5.49. The lowest BCUT2D eigenvalue weighted by molar-refractivity contribution is -0.384. The second-order valence-corrected chi connectivity index (χ2v) is 6.94. The summed E-state index contributed by atoms with van der Waals surface area (Å²) in [5.41, 5.74) is 3.44. The van der Waals surface area contributed by atoms with Gasteiger partial charge in [-0.25, -0.2) is 4.98 Å². The minimum atomic E-state index is -0.375. The highest BCUT2D eigenvalue weighted by atomic mass is 35.5. The molecule has 0 radical (unpaired) electrons. The van der Waals surface area contributed by atoms with Crippen LogP contribution in [0.3, 0.4) is 0 Å². The first kappa shape index (κ1) is 14.4. The van der Waals surface area contributed by atoms with Gasteiger partial charge in [0.15, 0.2) is 5.13 Å². The summed E-state index contributed by atoms with van der Waals surface area (Å²) in [4.78, 5) is 17.3. The molecule has 0 spiro atoms. The monoisotopic (exact) mass is 345 g/mol. The third kappa shape index (κ3) is 2.64. The highest BCUT2D eigenvalue weighted by Gasteiger charge is 2.20. The molecule has 0 amide bonds. The van der Waals surface area contributed by atoms with Crippen molar-refractivity contribution in [1.29, 1.82) is 0 Å². The second kappa shape index (κ2) is 5.47. The van der Waals surface area contributed by atoms with Crippen molar-refractivity contribution in [3.8, 4) is 0 Å². The van der Waals surface area contributed by atoms with Crippen LogP contribution in [0.25, 0.3) is 10.2 Å². The SMILES string of the molecule is O=[N+]([O-])c1ccc2nc(N3CCc4cc(Cl)ccc4C3)sc2c1. The van der Waals surface area contributed by atoms with E-state index in [0.29, 0.717) is 0 Å². The van der Waals surface area contributed by atoms with Crippen LogP contribution in [0.4, 0.5) is 10.8 Å². The fraction of sp³-hybridized carbons (Fsp3) is 0.188. The van der Waals surface area contributed by atoms with Gasteiger partial charge in [0.1, 0.15) is 0 Å². The topological polar surface area (TPSA) is 59.3 Å². The van der Waals surface area contributed by atoms with E-state index in [0.717, 1.165) is 39.9 Å². The van der Waals surface area contributed by atoms with Gasteiger partial charge < -0.3 is 4.90 Å². The van der Waals surface area contributed by atoms with Crippen LogP contribution in [0.15, 0.2) is 36.4 Å². The Hall–Kier alpha value is -2.18. The summed E-state index contributed by atoms with van der Waals surface area (Å²) >= 11 is 7.54. The molecule has 0 atom stereocenters. The molecule has 0 unspecified atom stereocenters. The van der Waals surface area contributed by atoms with Gasteiger partial charge in [-0.1, -0.05) is 29.0 Å². The van der Waals surface area contributed by atoms with Crippen molar-refractivity contribution in [2.45, 2.75) is 13.0 Å². The van der Waals surface area contributed by atoms with Crippen molar-refractivity contribution in [1.82, 2.24) is 4.98 Å². The molecule has 2 heterocycles. The summed E-state index contributed by atoms with van der Waals surface area (Å²) in [6, 6.07) is 10.8. The number of aromatic nitrogens is 1. The summed E-state index contributed by atoms with van der Waals surface area (Å²) in [5.74, 6) is 0. The van der Waals surface area contributed by atoms with Gasteiger partial charge in [-0.3, -0.25) is 10.1 Å². The lowest BCUT2D eigenvalue weighted by Crippen LogP contribution is -2.30. The Bertz CT molecular complexity index is 925. The zero-order chi connectivity index (χ0) is 16.0. The number of nitro benzene ring substituents is 1. The summed E-state index contributed by atoms with van der Waals surface area (Å²) in [6.45, 7) is 1.66. The average Bonchev–Trinajstić information content (AvgIpc) is 2.97. The maximum atomic E-state index is 10.9.